The molecule has 60 heavy (non-hydrogen) atoms. The molecule has 3 heterocycles. The third-order valence-corrected chi connectivity index (χ3v) is 10.5. The van der Waals surface area contributed by atoms with E-state index in [1.807, 2.05) is 0 Å². The van der Waals surface area contributed by atoms with Crippen molar-refractivity contribution in [1.82, 2.24) is 0 Å². The molecule has 5 rings (SSSR count). The van der Waals surface area contributed by atoms with Crippen LogP contribution >= 0.6 is 0 Å². The summed E-state index contributed by atoms with van der Waals surface area (Å²) >= 11 is 0. The van der Waals surface area contributed by atoms with Gasteiger partial charge in [-0.2, -0.15) is 0 Å². The number of aryl methyl sites for hydroxylation is 1. The summed E-state index contributed by atoms with van der Waals surface area (Å²) in [6, 6.07) is 9.15. The second-order valence-corrected chi connectivity index (χ2v) is 14.5. The van der Waals surface area contributed by atoms with Crippen molar-refractivity contribution in [3.8, 4) is 23.0 Å². The summed E-state index contributed by atoms with van der Waals surface area (Å²) in [6.07, 6.45) is -27.6. The summed E-state index contributed by atoms with van der Waals surface area (Å²) in [6.45, 7) is -2.87. The molecule has 3 aliphatic rings. The minimum Gasteiger partial charge on any atom is -0.493 e. The molecule has 2 aromatic rings. The van der Waals surface area contributed by atoms with Crippen molar-refractivity contribution < 1.29 is 109 Å². The first-order valence-electron chi connectivity index (χ1n) is 19.2. The Kier molecular flexibility index (Phi) is 17.4. The van der Waals surface area contributed by atoms with Crippen molar-refractivity contribution in [2.24, 2.45) is 0 Å². The van der Waals surface area contributed by atoms with Crippen LogP contribution in [0, 0.1) is 0 Å². The highest BCUT2D eigenvalue weighted by Crippen LogP contribution is 2.38. The number of aliphatic hydroxyl groups excluding tert-OH is 13. The zero-order chi connectivity index (χ0) is 43.8. The zero-order valence-electron chi connectivity index (χ0n) is 32.7. The Hall–Kier alpha value is -3.08. The van der Waals surface area contributed by atoms with E-state index in [9.17, 15) is 66.4 Å². The SMILES string of the molecule is COc1cc(CCCO)ccc1OC(CO)C(O)c1ccc(OC2OC(COC3OC(CO)C(O)C(O)C3O)C(O)C(O)C2OC2OC(CO)C(O)C(O)C2O)c(OC)c1. The van der Waals surface area contributed by atoms with E-state index in [1.54, 1.807) is 18.2 Å². The molecule has 0 bridgehead atoms. The molecule has 17 unspecified atom stereocenters. The molecular formula is C38H56O22. The predicted molar refractivity (Wildman–Crippen MR) is 198 cm³/mol. The molecule has 0 saturated carbocycles. The topological polar surface area (TPSA) is 346 Å². The van der Waals surface area contributed by atoms with Crippen molar-refractivity contribution in [2.75, 3.05) is 47.3 Å². The molecule has 340 valence electrons. The van der Waals surface area contributed by atoms with Crippen molar-refractivity contribution >= 4 is 0 Å². The van der Waals surface area contributed by atoms with Gasteiger partial charge in [-0.25, -0.2) is 0 Å². The third-order valence-electron chi connectivity index (χ3n) is 10.5. The molecule has 3 fully saturated rings. The van der Waals surface area contributed by atoms with Gasteiger partial charge in [0.15, 0.2) is 47.8 Å². The lowest BCUT2D eigenvalue weighted by molar-refractivity contribution is -0.363. The molecule has 22 heteroatoms. The quantitative estimate of drug-likeness (QED) is 0.0628. The second kappa shape index (κ2) is 21.8. The Labute approximate surface area is 343 Å². The maximum absolute atomic E-state index is 11.4. The number of aliphatic hydroxyl groups is 13. The van der Waals surface area contributed by atoms with Gasteiger partial charge >= 0.3 is 0 Å². The van der Waals surface area contributed by atoms with Crippen molar-refractivity contribution in [3.63, 3.8) is 0 Å². The molecule has 3 aliphatic heterocycles. The van der Waals surface area contributed by atoms with Crippen molar-refractivity contribution in [2.45, 2.75) is 117 Å². The average molecular weight is 865 g/mol. The van der Waals surface area contributed by atoms with Gasteiger partial charge in [0.25, 0.3) is 0 Å². The molecule has 3 saturated heterocycles. The lowest BCUT2D eigenvalue weighted by Gasteiger charge is -2.46. The molecule has 0 amide bonds. The summed E-state index contributed by atoms with van der Waals surface area (Å²) in [5, 5.41) is 135. The molecular weight excluding hydrogens is 808 g/mol. The van der Waals surface area contributed by atoms with Gasteiger partial charge in [0, 0.05) is 6.61 Å². The predicted octanol–water partition coefficient (Wildman–Crippen LogP) is -5.07. The summed E-state index contributed by atoms with van der Waals surface area (Å²) < 4.78 is 51.2. The van der Waals surface area contributed by atoms with Crippen LogP contribution in [0.4, 0.5) is 0 Å². The summed E-state index contributed by atoms with van der Waals surface area (Å²) in [4.78, 5) is 0. The Balaban J connectivity index is 1.38. The minimum absolute atomic E-state index is 0.00586. The van der Waals surface area contributed by atoms with Gasteiger partial charge in [-0.3, -0.25) is 0 Å². The van der Waals surface area contributed by atoms with E-state index in [0.717, 1.165) is 5.56 Å². The fraction of sp³-hybridized carbons (Fsp3) is 0.684. The van der Waals surface area contributed by atoms with Crippen molar-refractivity contribution in [3.05, 3.63) is 47.5 Å². The molecule has 17 atom stereocenters. The second-order valence-electron chi connectivity index (χ2n) is 14.5. The van der Waals surface area contributed by atoms with Crippen LogP contribution in [-0.2, 0) is 30.1 Å². The van der Waals surface area contributed by atoms with Crippen LogP contribution in [0.15, 0.2) is 36.4 Å². The number of hydrogen-bond donors (Lipinski definition) is 13. The molecule has 0 aliphatic carbocycles. The smallest absolute Gasteiger partial charge is 0.229 e. The van der Waals surface area contributed by atoms with E-state index in [1.165, 1.54) is 32.4 Å². The van der Waals surface area contributed by atoms with Crippen LogP contribution in [0.25, 0.3) is 0 Å². The van der Waals surface area contributed by atoms with E-state index in [4.69, 9.17) is 42.6 Å². The minimum atomic E-state index is -1.96. The Bertz CT molecular complexity index is 1610. The van der Waals surface area contributed by atoms with Gasteiger partial charge in [0.1, 0.15) is 73.2 Å². The van der Waals surface area contributed by atoms with Crippen LogP contribution in [-0.4, -0.2) is 212 Å². The van der Waals surface area contributed by atoms with Crippen LogP contribution in [0.2, 0.25) is 0 Å². The summed E-state index contributed by atoms with van der Waals surface area (Å²) in [5.74, 6) is 0.397. The molecule has 0 aromatic heterocycles. The standard InChI is InChI=1S/C38H56O22/c1-52-20-10-16(4-3-9-39)5-7-18(20)55-22(12-40)26(43)17-6-8-19(21(11-17)53-2)56-38-35(60-37-34(51)31(48)28(45)24(14-42)58-37)32(49)29(46)25(59-38)15-54-36-33(50)30(47)27(44)23(13-41)57-36/h5-8,10-11,22-51H,3-4,9,12-15H2,1-2H3. The normalized spacial score (nSPS) is 35.7. The molecule has 2 aromatic carbocycles. The third kappa shape index (κ3) is 10.7. The maximum atomic E-state index is 11.4. The van der Waals surface area contributed by atoms with Crippen LogP contribution in [0.5, 0.6) is 23.0 Å². The fourth-order valence-electron chi connectivity index (χ4n) is 6.93. The van der Waals surface area contributed by atoms with E-state index in [2.05, 4.69) is 0 Å². The number of ether oxygens (including phenoxy) is 9. The van der Waals surface area contributed by atoms with Gasteiger partial charge in [0.2, 0.25) is 6.29 Å². The highest BCUT2D eigenvalue weighted by molar-refractivity contribution is 5.45. The zero-order valence-corrected chi connectivity index (χ0v) is 32.7. The largest absolute Gasteiger partial charge is 0.493 e. The number of benzene rings is 2. The number of rotatable bonds is 19. The highest BCUT2D eigenvalue weighted by Gasteiger charge is 2.52. The first-order valence-corrected chi connectivity index (χ1v) is 19.2. The summed E-state index contributed by atoms with van der Waals surface area (Å²) in [7, 11) is 2.69. The lowest BCUT2D eigenvalue weighted by Crippen LogP contribution is -2.65. The Morgan fingerprint density at radius 1 is 0.600 bits per heavy atom. The van der Waals surface area contributed by atoms with Crippen LogP contribution in [0.3, 0.4) is 0 Å². The Morgan fingerprint density at radius 2 is 1.17 bits per heavy atom. The molecule has 0 radical (unpaired) electrons. The highest BCUT2D eigenvalue weighted by atomic mass is 16.8. The van der Waals surface area contributed by atoms with Crippen molar-refractivity contribution in [1.29, 1.82) is 0 Å². The molecule has 22 nitrogen and oxygen atoms in total. The fourth-order valence-corrected chi connectivity index (χ4v) is 6.93. The van der Waals surface area contributed by atoms with Crippen LogP contribution < -0.4 is 18.9 Å². The maximum Gasteiger partial charge on any atom is 0.229 e. The van der Waals surface area contributed by atoms with E-state index in [0.29, 0.717) is 18.6 Å². The van der Waals surface area contributed by atoms with Gasteiger partial charge in [-0.05, 0) is 48.2 Å². The van der Waals surface area contributed by atoms with Crippen LogP contribution in [0.1, 0.15) is 23.7 Å². The molecule has 13 N–H and O–H groups in total. The van der Waals surface area contributed by atoms with Gasteiger partial charge in [-0.15, -0.1) is 0 Å². The first kappa shape index (κ1) is 48.0. The first-order chi connectivity index (χ1) is 28.7. The van der Waals surface area contributed by atoms with E-state index in [-0.39, 0.29) is 29.4 Å². The molecule has 0 spiro atoms. The van der Waals surface area contributed by atoms with Gasteiger partial charge < -0.3 is 109 Å². The number of methoxy groups -OCH3 is 2. The van der Waals surface area contributed by atoms with E-state index >= 15 is 0 Å². The van der Waals surface area contributed by atoms with Gasteiger partial charge in [-0.1, -0.05) is 12.1 Å². The lowest BCUT2D eigenvalue weighted by atomic mass is 9.97. The Morgan fingerprint density at radius 3 is 1.77 bits per heavy atom. The van der Waals surface area contributed by atoms with E-state index < -0.39 is 131 Å². The monoisotopic (exact) mass is 864 g/mol. The van der Waals surface area contributed by atoms with Gasteiger partial charge in [0.05, 0.1) is 40.6 Å². The average Bonchev–Trinajstić information content (AvgIpc) is 3.26. The summed E-state index contributed by atoms with van der Waals surface area (Å²) in [5.41, 5.74) is 1.05. The number of hydrogen-bond acceptors (Lipinski definition) is 22.